The third-order valence-corrected chi connectivity index (χ3v) is 3.59. The number of rotatable bonds is 6. The van der Waals surface area contributed by atoms with Gasteiger partial charge in [0.2, 0.25) is 0 Å². The molecule has 0 atom stereocenters. The van der Waals surface area contributed by atoms with Crippen LogP contribution in [0.15, 0.2) is 54.6 Å². The molecule has 0 saturated carbocycles. The highest BCUT2D eigenvalue weighted by Crippen LogP contribution is 2.18. The van der Waals surface area contributed by atoms with Gasteiger partial charge in [0.1, 0.15) is 0 Å². The highest BCUT2D eigenvalue weighted by molar-refractivity contribution is 6.31. The van der Waals surface area contributed by atoms with Crippen molar-refractivity contribution in [2.24, 2.45) is 0 Å². The van der Waals surface area contributed by atoms with E-state index in [4.69, 9.17) is 16.9 Å². The topological polar surface area (TPSA) is 27.0 Å². The van der Waals surface area contributed by atoms with E-state index in [1.165, 1.54) is 0 Å². The van der Waals surface area contributed by atoms with Gasteiger partial charge in [-0.1, -0.05) is 48.0 Å². The number of benzene rings is 2. The molecule has 0 aliphatic carbocycles. The molecule has 2 aromatic rings. The van der Waals surface area contributed by atoms with Crippen LogP contribution in [-0.2, 0) is 6.42 Å². The van der Waals surface area contributed by atoms with E-state index in [2.05, 4.69) is 29.2 Å². The molecule has 0 aromatic heterocycles. The highest BCUT2D eigenvalue weighted by Gasteiger charge is 2.07. The molecule has 2 aromatic carbocycles. The second kappa shape index (κ2) is 7.57. The fourth-order valence-corrected chi connectivity index (χ4v) is 2.38. The molecule has 0 amide bonds. The molecule has 0 fully saturated rings. The maximum Gasteiger partial charge on any atom is 0.0640 e. The Kier molecular flexibility index (Phi) is 5.46. The predicted molar refractivity (Wildman–Crippen MR) is 84.0 cm³/mol. The lowest BCUT2D eigenvalue weighted by Crippen LogP contribution is -2.26. The minimum absolute atomic E-state index is 0.525. The SMILES string of the molecule is N#CCCN(CCc1ccccc1Cl)c1ccccc1. The van der Waals surface area contributed by atoms with Crippen LogP contribution in [0.1, 0.15) is 12.0 Å². The number of anilines is 1. The Morgan fingerprint density at radius 2 is 1.65 bits per heavy atom. The Morgan fingerprint density at radius 3 is 2.35 bits per heavy atom. The van der Waals surface area contributed by atoms with Crippen LogP contribution in [0.3, 0.4) is 0 Å². The molecular formula is C17H17ClN2. The van der Waals surface area contributed by atoms with Crippen molar-refractivity contribution in [3.63, 3.8) is 0 Å². The third kappa shape index (κ3) is 4.01. The number of nitrogens with zero attached hydrogens (tertiary/aromatic N) is 2. The van der Waals surface area contributed by atoms with Crippen LogP contribution < -0.4 is 4.90 Å². The van der Waals surface area contributed by atoms with Gasteiger partial charge in [-0.2, -0.15) is 5.26 Å². The van der Waals surface area contributed by atoms with E-state index in [1.54, 1.807) is 0 Å². The molecule has 20 heavy (non-hydrogen) atoms. The summed E-state index contributed by atoms with van der Waals surface area (Å²) < 4.78 is 0. The standard InChI is InChI=1S/C17H17ClN2/c18-17-10-5-4-7-15(17)11-14-20(13-6-12-19)16-8-2-1-3-9-16/h1-5,7-10H,6,11,13-14H2. The quantitative estimate of drug-likeness (QED) is 0.791. The van der Waals surface area contributed by atoms with Crippen LogP contribution in [0.4, 0.5) is 5.69 Å². The minimum Gasteiger partial charge on any atom is -0.370 e. The van der Waals surface area contributed by atoms with E-state index in [-0.39, 0.29) is 0 Å². The van der Waals surface area contributed by atoms with Crippen molar-refractivity contribution in [1.29, 1.82) is 5.26 Å². The highest BCUT2D eigenvalue weighted by atomic mass is 35.5. The number of hydrogen-bond donors (Lipinski definition) is 0. The zero-order valence-electron chi connectivity index (χ0n) is 11.3. The van der Waals surface area contributed by atoms with Crippen molar-refractivity contribution in [3.05, 3.63) is 65.2 Å². The van der Waals surface area contributed by atoms with Crippen molar-refractivity contribution in [3.8, 4) is 6.07 Å². The van der Waals surface area contributed by atoms with Gasteiger partial charge in [-0.25, -0.2) is 0 Å². The average molecular weight is 285 g/mol. The van der Waals surface area contributed by atoms with Crippen molar-refractivity contribution in [1.82, 2.24) is 0 Å². The second-order valence-electron chi connectivity index (χ2n) is 4.57. The van der Waals surface area contributed by atoms with E-state index in [1.807, 2.05) is 36.4 Å². The molecular weight excluding hydrogens is 268 g/mol. The van der Waals surface area contributed by atoms with Gasteiger partial charge in [0.25, 0.3) is 0 Å². The van der Waals surface area contributed by atoms with Gasteiger partial charge in [-0.3, -0.25) is 0 Å². The van der Waals surface area contributed by atoms with Crippen LogP contribution in [0.2, 0.25) is 5.02 Å². The molecule has 2 nitrogen and oxygen atoms in total. The normalized spacial score (nSPS) is 10.0. The molecule has 2 rings (SSSR count). The molecule has 0 spiro atoms. The van der Waals surface area contributed by atoms with Gasteiger partial charge in [0.15, 0.2) is 0 Å². The van der Waals surface area contributed by atoms with Crippen LogP contribution in [-0.4, -0.2) is 13.1 Å². The number of nitriles is 1. The molecule has 0 radical (unpaired) electrons. The van der Waals surface area contributed by atoms with Gasteiger partial charge >= 0.3 is 0 Å². The number of halogens is 1. The van der Waals surface area contributed by atoms with Crippen molar-refractivity contribution in [2.75, 3.05) is 18.0 Å². The monoisotopic (exact) mass is 284 g/mol. The summed E-state index contributed by atoms with van der Waals surface area (Å²) >= 11 is 6.19. The molecule has 0 heterocycles. The zero-order chi connectivity index (χ0) is 14.2. The summed E-state index contributed by atoms with van der Waals surface area (Å²) in [4.78, 5) is 2.23. The number of para-hydroxylation sites is 1. The van der Waals surface area contributed by atoms with Crippen molar-refractivity contribution >= 4 is 17.3 Å². The van der Waals surface area contributed by atoms with Crippen molar-refractivity contribution < 1.29 is 0 Å². The van der Waals surface area contributed by atoms with Crippen LogP contribution >= 0.6 is 11.6 Å². The van der Waals surface area contributed by atoms with E-state index in [9.17, 15) is 0 Å². The Hall–Kier alpha value is -1.98. The summed E-state index contributed by atoms with van der Waals surface area (Å²) in [6.07, 6.45) is 1.40. The molecule has 0 aliphatic heterocycles. The van der Waals surface area contributed by atoms with Gasteiger partial charge in [-0.05, 0) is 30.2 Å². The Labute approximate surface area is 125 Å². The lowest BCUT2D eigenvalue weighted by molar-refractivity contribution is 0.782. The summed E-state index contributed by atoms with van der Waals surface area (Å²) in [5, 5.41) is 9.60. The summed E-state index contributed by atoms with van der Waals surface area (Å²) in [6, 6.07) is 20.3. The molecule has 0 saturated heterocycles. The first kappa shape index (κ1) is 14.4. The molecule has 0 N–H and O–H groups in total. The van der Waals surface area contributed by atoms with Crippen LogP contribution in [0, 0.1) is 11.3 Å². The smallest absolute Gasteiger partial charge is 0.0640 e. The van der Waals surface area contributed by atoms with E-state index in [0.29, 0.717) is 6.42 Å². The van der Waals surface area contributed by atoms with Crippen LogP contribution in [0.25, 0.3) is 0 Å². The third-order valence-electron chi connectivity index (χ3n) is 3.22. The zero-order valence-corrected chi connectivity index (χ0v) is 12.1. The fraction of sp³-hybridized carbons (Fsp3) is 0.235. The molecule has 3 heteroatoms. The van der Waals surface area contributed by atoms with Gasteiger partial charge < -0.3 is 4.90 Å². The first-order chi connectivity index (χ1) is 9.81. The summed E-state index contributed by atoms with van der Waals surface area (Å²) in [5.74, 6) is 0. The second-order valence-corrected chi connectivity index (χ2v) is 4.98. The van der Waals surface area contributed by atoms with E-state index in [0.717, 1.165) is 35.8 Å². The molecule has 0 aliphatic rings. The predicted octanol–water partition coefficient (Wildman–Crippen LogP) is 4.30. The lowest BCUT2D eigenvalue weighted by atomic mass is 10.1. The Morgan fingerprint density at radius 1 is 0.950 bits per heavy atom. The first-order valence-corrected chi connectivity index (χ1v) is 7.09. The Bertz CT molecular complexity index is 575. The van der Waals surface area contributed by atoms with E-state index < -0.39 is 0 Å². The lowest BCUT2D eigenvalue weighted by Gasteiger charge is -2.24. The molecule has 102 valence electrons. The van der Waals surface area contributed by atoms with Gasteiger partial charge in [0, 0.05) is 23.8 Å². The van der Waals surface area contributed by atoms with E-state index >= 15 is 0 Å². The number of hydrogen-bond acceptors (Lipinski definition) is 2. The maximum atomic E-state index is 8.79. The maximum absolute atomic E-state index is 8.79. The molecule has 0 bridgehead atoms. The summed E-state index contributed by atoms with van der Waals surface area (Å²) in [5.41, 5.74) is 2.29. The Balaban J connectivity index is 2.05. The minimum atomic E-state index is 0.525. The summed E-state index contributed by atoms with van der Waals surface area (Å²) in [6.45, 7) is 1.60. The summed E-state index contributed by atoms with van der Waals surface area (Å²) in [7, 11) is 0. The fourth-order valence-electron chi connectivity index (χ4n) is 2.15. The largest absolute Gasteiger partial charge is 0.370 e. The van der Waals surface area contributed by atoms with Gasteiger partial charge in [0.05, 0.1) is 12.5 Å². The van der Waals surface area contributed by atoms with Crippen LogP contribution in [0.5, 0.6) is 0 Å². The van der Waals surface area contributed by atoms with Gasteiger partial charge in [-0.15, -0.1) is 0 Å². The first-order valence-electron chi connectivity index (χ1n) is 6.71. The molecule has 0 unspecified atom stereocenters. The average Bonchev–Trinajstić information content (AvgIpc) is 2.50. The van der Waals surface area contributed by atoms with Crippen molar-refractivity contribution in [2.45, 2.75) is 12.8 Å².